The van der Waals surface area contributed by atoms with Crippen LogP contribution < -0.4 is 14.4 Å². The average molecular weight is 445 g/mol. The van der Waals surface area contributed by atoms with E-state index < -0.39 is 16.1 Å². The van der Waals surface area contributed by atoms with Crippen LogP contribution in [0.25, 0.3) is 0 Å². The van der Waals surface area contributed by atoms with Crippen LogP contribution in [0.3, 0.4) is 0 Å². The Bertz CT molecular complexity index is 1040. The molecule has 3 rings (SSSR count). The molecule has 1 amide bonds. The molecule has 1 aliphatic rings. The van der Waals surface area contributed by atoms with Crippen LogP contribution in [0, 0.1) is 6.92 Å². The molecule has 168 valence electrons. The summed E-state index contributed by atoms with van der Waals surface area (Å²) in [7, 11) is -3.56. The third-order valence-electron chi connectivity index (χ3n) is 5.45. The fraction of sp³-hybridized carbons (Fsp3) is 0.458. The molecule has 0 fully saturated rings. The summed E-state index contributed by atoms with van der Waals surface area (Å²) in [6.45, 7) is 8.71. The van der Waals surface area contributed by atoms with Crippen molar-refractivity contribution in [2.45, 2.75) is 52.1 Å². The number of anilines is 1. The number of benzene rings is 2. The van der Waals surface area contributed by atoms with Gasteiger partial charge >= 0.3 is 0 Å². The lowest BCUT2D eigenvalue weighted by Gasteiger charge is -2.35. The number of ether oxygens (including phenoxy) is 1. The van der Waals surface area contributed by atoms with Gasteiger partial charge in [0.1, 0.15) is 5.75 Å². The lowest BCUT2D eigenvalue weighted by atomic mass is 9.86. The summed E-state index contributed by atoms with van der Waals surface area (Å²) in [4.78, 5) is 12.7. The second kappa shape index (κ2) is 8.91. The number of hydrogen-bond acceptors (Lipinski definition) is 4. The maximum atomic E-state index is 12.7. The van der Waals surface area contributed by atoms with E-state index in [4.69, 9.17) is 4.74 Å². The summed E-state index contributed by atoms with van der Waals surface area (Å²) in [5, 5.41) is 2.89. The van der Waals surface area contributed by atoms with Crippen LogP contribution >= 0.6 is 0 Å². The van der Waals surface area contributed by atoms with Gasteiger partial charge in [-0.15, -0.1) is 0 Å². The summed E-state index contributed by atoms with van der Waals surface area (Å²) in [6, 6.07) is 13.8. The van der Waals surface area contributed by atoms with E-state index in [-0.39, 0.29) is 17.9 Å². The van der Waals surface area contributed by atoms with E-state index in [0.717, 1.165) is 24.7 Å². The van der Waals surface area contributed by atoms with Gasteiger partial charge < -0.3 is 10.1 Å². The maximum absolute atomic E-state index is 12.7. The highest BCUT2D eigenvalue weighted by molar-refractivity contribution is 7.92. The first kappa shape index (κ1) is 23.1. The molecule has 2 aromatic carbocycles. The Morgan fingerprint density at radius 2 is 1.84 bits per heavy atom. The standard InChI is InChI=1S/C24H32N2O4S/c1-17-8-10-18(11-9-17)7-6-14-25-23(27)22-16-26(31(5,28)29)20-15-19(24(2,3)4)12-13-21(20)30-22/h8-13,15,22H,6-7,14,16H2,1-5H3,(H,25,27). The maximum Gasteiger partial charge on any atom is 0.263 e. The van der Waals surface area contributed by atoms with Crippen molar-refractivity contribution in [2.24, 2.45) is 0 Å². The van der Waals surface area contributed by atoms with Gasteiger partial charge in [0.05, 0.1) is 18.5 Å². The van der Waals surface area contributed by atoms with Gasteiger partial charge in [-0.3, -0.25) is 9.10 Å². The Morgan fingerprint density at radius 1 is 1.16 bits per heavy atom. The van der Waals surface area contributed by atoms with Crippen LogP contribution in [0.5, 0.6) is 5.75 Å². The molecule has 0 spiro atoms. The minimum atomic E-state index is -3.56. The first-order valence-corrected chi connectivity index (χ1v) is 12.4. The first-order chi connectivity index (χ1) is 14.4. The van der Waals surface area contributed by atoms with Gasteiger partial charge in [-0.25, -0.2) is 8.42 Å². The Morgan fingerprint density at radius 3 is 2.45 bits per heavy atom. The van der Waals surface area contributed by atoms with Gasteiger partial charge in [0, 0.05) is 6.54 Å². The van der Waals surface area contributed by atoms with Crippen LogP contribution in [-0.4, -0.2) is 39.8 Å². The highest BCUT2D eigenvalue weighted by Gasteiger charge is 2.35. The fourth-order valence-electron chi connectivity index (χ4n) is 3.54. The molecule has 1 atom stereocenters. The van der Waals surface area contributed by atoms with Crippen molar-refractivity contribution < 1.29 is 17.9 Å². The molecule has 0 aliphatic carbocycles. The first-order valence-electron chi connectivity index (χ1n) is 10.6. The van der Waals surface area contributed by atoms with Crippen LogP contribution in [-0.2, 0) is 26.7 Å². The smallest absolute Gasteiger partial charge is 0.263 e. The van der Waals surface area contributed by atoms with E-state index in [1.54, 1.807) is 6.07 Å². The van der Waals surface area contributed by atoms with E-state index in [1.807, 2.05) is 12.1 Å². The molecule has 0 aromatic heterocycles. The van der Waals surface area contributed by atoms with Gasteiger partial charge in [0.15, 0.2) is 6.10 Å². The van der Waals surface area contributed by atoms with Crippen molar-refractivity contribution >= 4 is 21.6 Å². The quantitative estimate of drug-likeness (QED) is 0.691. The number of fused-ring (bicyclic) bond motifs is 1. The summed E-state index contributed by atoms with van der Waals surface area (Å²) < 4.78 is 32.1. The number of amides is 1. The van der Waals surface area contributed by atoms with Crippen LogP contribution in [0.15, 0.2) is 42.5 Å². The largest absolute Gasteiger partial charge is 0.476 e. The number of carbonyl (C=O) groups is 1. The second-order valence-electron chi connectivity index (χ2n) is 9.21. The lowest BCUT2D eigenvalue weighted by Crippen LogP contribution is -2.50. The number of nitrogens with zero attached hydrogens (tertiary/aromatic N) is 1. The predicted molar refractivity (Wildman–Crippen MR) is 124 cm³/mol. The topological polar surface area (TPSA) is 75.7 Å². The average Bonchev–Trinajstić information content (AvgIpc) is 2.69. The number of aryl methyl sites for hydroxylation is 2. The Labute approximate surface area is 185 Å². The molecule has 0 saturated carbocycles. The molecule has 0 saturated heterocycles. The number of carbonyl (C=O) groups excluding carboxylic acids is 1. The molecule has 2 aromatic rings. The van der Waals surface area contributed by atoms with Crippen molar-refractivity contribution in [1.29, 1.82) is 0 Å². The third kappa shape index (κ3) is 5.79. The molecule has 6 nitrogen and oxygen atoms in total. The van der Waals surface area contributed by atoms with E-state index in [0.29, 0.717) is 18.0 Å². The summed E-state index contributed by atoms with van der Waals surface area (Å²) in [5.74, 6) is 0.104. The normalized spacial score (nSPS) is 16.4. The third-order valence-corrected chi connectivity index (χ3v) is 6.60. The highest BCUT2D eigenvalue weighted by Crippen LogP contribution is 2.38. The zero-order valence-electron chi connectivity index (χ0n) is 18.9. The van der Waals surface area contributed by atoms with Crippen molar-refractivity contribution in [3.05, 3.63) is 59.2 Å². The monoisotopic (exact) mass is 444 g/mol. The fourth-order valence-corrected chi connectivity index (χ4v) is 4.45. The zero-order valence-corrected chi connectivity index (χ0v) is 19.8. The molecule has 1 aliphatic heterocycles. The van der Waals surface area contributed by atoms with Crippen molar-refractivity contribution in [2.75, 3.05) is 23.7 Å². The molecule has 0 radical (unpaired) electrons. The Kier molecular flexibility index (Phi) is 6.65. The zero-order chi connectivity index (χ0) is 22.8. The summed E-state index contributed by atoms with van der Waals surface area (Å²) >= 11 is 0. The molecule has 1 heterocycles. The molecule has 1 N–H and O–H groups in total. The number of nitrogens with one attached hydrogen (secondary N) is 1. The van der Waals surface area contributed by atoms with Crippen LogP contribution in [0.1, 0.15) is 43.9 Å². The number of sulfonamides is 1. The van der Waals surface area contributed by atoms with Crippen molar-refractivity contribution in [1.82, 2.24) is 5.32 Å². The van der Waals surface area contributed by atoms with Crippen LogP contribution in [0.4, 0.5) is 5.69 Å². The van der Waals surface area contributed by atoms with E-state index in [2.05, 4.69) is 57.3 Å². The molecule has 31 heavy (non-hydrogen) atoms. The minimum Gasteiger partial charge on any atom is -0.476 e. The van der Waals surface area contributed by atoms with Gasteiger partial charge in [0.25, 0.3) is 5.91 Å². The second-order valence-corrected chi connectivity index (χ2v) is 11.1. The van der Waals surface area contributed by atoms with Gasteiger partial charge in [-0.1, -0.05) is 56.7 Å². The predicted octanol–water partition coefficient (Wildman–Crippen LogP) is 3.57. The van der Waals surface area contributed by atoms with Crippen LogP contribution in [0.2, 0.25) is 0 Å². The molecular formula is C24H32N2O4S. The number of rotatable bonds is 6. The summed E-state index contributed by atoms with van der Waals surface area (Å²) in [6.07, 6.45) is 1.92. The summed E-state index contributed by atoms with van der Waals surface area (Å²) in [5.41, 5.74) is 3.79. The van der Waals surface area contributed by atoms with E-state index >= 15 is 0 Å². The van der Waals surface area contributed by atoms with E-state index in [1.165, 1.54) is 15.4 Å². The highest BCUT2D eigenvalue weighted by atomic mass is 32.2. The molecular weight excluding hydrogens is 412 g/mol. The van der Waals surface area contributed by atoms with Crippen molar-refractivity contribution in [3.63, 3.8) is 0 Å². The minimum absolute atomic E-state index is 0.0385. The van der Waals surface area contributed by atoms with Gasteiger partial charge in [-0.2, -0.15) is 0 Å². The van der Waals surface area contributed by atoms with Gasteiger partial charge in [-0.05, 0) is 48.4 Å². The molecule has 0 bridgehead atoms. The van der Waals surface area contributed by atoms with E-state index in [9.17, 15) is 13.2 Å². The Balaban J connectivity index is 1.67. The SMILES string of the molecule is Cc1ccc(CCCNC(=O)C2CN(S(C)(=O)=O)c3cc(C(C)(C)C)ccc3O2)cc1. The van der Waals surface area contributed by atoms with Gasteiger partial charge in [0.2, 0.25) is 10.0 Å². The molecule has 7 heteroatoms. The lowest BCUT2D eigenvalue weighted by molar-refractivity contribution is -0.127. The number of hydrogen-bond donors (Lipinski definition) is 1. The van der Waals surface area contributed by atoms with Crippen molar-refractivity contribution in [3.8, 4) is 5.75 Å². The molecule has 1 unspecified atom stereocenters. The Hall–Kier alpha value is -2.54.